The first kappa shape index (κ1) is 13.5. The quantitative estimate of drug-likeness (QED) is 0.636. The van der Waals surface area contributed by atoms with E-state index >= 15 is 0 Å². The van der Waals surface area contributed by atoms with E-state index in [0.29, 0.717) is 19.4 Å². The number of aliphatic hydroxyl groups excluding tert-OH is 1. The average Bonchev–Trinajstić information content (AvgIpc) is 2.34. The topological polar surface area (TPSA) is 40.5 Å². The highest BCUT2D eigenvalue weighted by Crippen LogP contribution is 2.10. The number of carbonyl (C=O) groups is 1. The van der Waals surface area contributed by atoms with Gasteiger partial charge in [0, 0.05) is 24.7 Å². The van der Waals surface area contributed by atoms with E-state index in [1.165, 1.54) is 0 Å². The largest absolute Gasteiger partial charge is 0.373 e. The Labute approximate surface area is 105 Å². The van der Waals surface area contributed by atoms with Crippen LogP contribution < -0.4 is 0 Å². The molecular weight excluding hydrogens is 270 g/mol. The highest BCUT2D eigenvalue weighted by Gasteiger charge is 2.19. The van der Waals surface area contributed by atoms with Crippen LogP contribution in [0.1, 0.15) is 25.7 Å². The van der Waals surface area contributed by atoms with Crippen molar-refractivity contribution in [2.75, 3.05) is 11.9 Å². The Morgan fingerprint density at radius 1 is 1.38 bits per heavy atom. The first-order valence-corrected chi connectivity index (χ1v) is 6.73. The molecule has 0 aromatic carbocycles. The van der Waals surface area contributed by atoms with Crippen LogP contribution >= 0.6 is 15.9 Å². The Hall–Kier alpha value is -0.610. The maximum absolute atomic E-state index is 11.8. The molecule has 1 unspecified atom stereocenters. The Morgan fingerprint density at radius 2 is 2.12 bits per heavy atom. The predicted molar refractivity (Wildman–Crippen MR) is 68.3 cm³/mol. The summed E-state index contributed by atoms with van der Waals surface area (Å²) in [7, 11) is 0. The van der Waals surface area contributed by atoms with Gasteiger partial charge in [0.25, 0.3) is 0 Å². The summed E-state index contributed by atoms with van der Waals surface area (Å²) in [4.78, 5) is 13.4. The van der Waals surface area contributed by atoms with Gasteiger partial charge in [0.05, 0.1) is 0 Å². The fourth-order valence-electron chi connectivity index (χ4n) is 1.59. The standard InChI is InChI=1S/C12H18BrNO2/c13-9-5-6-10-14-11(15)7-3-1-2-4-8-12(14)16/h1-4,11,15H,5-10H2/b3-1-,4-2-. The Balaban J connectivity index is 2.56. The van der Waals surface area contributed by atoms with Gasteiger partial charge in [0.1, 0.15) is 6.23 Å². The molecule has 1 N–H and O–H groups in total. The van der Waals surface area contributed by atoms with Crippen LogP contribution in [0.25, 0.3) is 0 Å². The number of hydrogen-bond acceptors (Lipinski definition) is 2. The number of carbonyl (C=O) groups excluding carboxylic acids is 1. The number of alkyl halides is 1. The summed E-state index contributed by atoms with van der Waals surface area (Å²) in [6.07, 6.45) is 9.57. The van der Waals surface area contributed by atoms with E-state index < -0.39 is 6.23 Å². The first-order valence-electron chi connectivity index (χ1n) is 5.61. The monoisotopic (exact) mass is 287 g/mol. The second kappa shape index (κ2) is 7.63. The van der Waals surface area contributed by atoms with E-state index in [4.69, 9.17) is 0 Å². The summed E-state index contributed by atoms with van der Waals surface area (Å²) in [6.45, 7) is 0.632. The van der Waals surface area contributed by atoms with Gasteiger partial charge < -0.3 is 10.0 Å². The van der Waals surface area contributed by atoms with E-state index in [9.17, 15) is 9.90 Å². The molecule has 0 bridgehead atoms. The lowest BCUT2D eigenvalue weighted by molar-refractivity contribution is -0.140. The molecule has 0 saturated heterocycles. The smallest absolute Gasteiger partial charge is 0.228 e. The normalized spacial score (nSPS) is 25.8. The number of hydrogen-bond donors (Lipinski definition) is 1. The Kier molecular flexibility index (Phi) is 6.42. The van der Waals surface area contributed by atoms with Crippen LogP contribution in [0.5, 0.6) is 0 Å². The molecule has 0 fully saturated rings. The molecule has 1 aliphatic rings. The first-order chi connectivity index (χ1) is 7.75. The molecule has 16 heavy (non-hydrogen) atoms. The van der Waals surface area contributed by atoms with Crippen LogP contribution in [-0.2, 0) is 4.79 Å². The van der Waals surface area contributed by atoms with Crippen molar-refractivity contribution in [3.05, 3.63) is 24.3 Å². The zero-order chi connectivity index (χ0) is 11.8. The van der Waals surface area contributed by atoms with Crippen LogP contribution in [0, 0.1) is 0 Å². The van der Waals surface area contributed by atoms with E-state index in [2.05, 4.69) is 15.9 Å². The van der Waals surface area contributed by atoms with Gasteiger partial charge in [-0.3, -0.25) is 4.79 Å². The van der Waals surface area contributed by atoms with Gasteiger partial charge in [-0.2, -0.15) is 0 Å². The molecule has 1 rings (SSSR count). The molecule has 0 radical (unpaired) electrons. The van der Waals surface area contributed by atoms with E-state index in [-0.39, 0.29) is 5.91 Å². The van der Waals surface area contributed by atoms with Crippen molar-refractivity contribution in [1.82, 2.24) is 4.90 Å². The molecule has 0 spiro atoms. The third-order valence-electron chi connectivity index (χ3n) is 2.49. The minimum Gasteiger partial charge on any atom is -0.373 e. The van der Waals surface area contributed by atoms with Crippen molar-refractivity contribution in [2.24, 2.45) is 0 Å². The molecule has 4 heteroatoms. The number of rotatable bonds is 4. The highest BCUT2D eigenvalue weighted by atomic mass is 79.9. The molecule has 0 saturated carbocycles. The molecule has 1 atom stereocenters. The fraction of sp³-hybridized carbons (Fsp3) is 0.583. The van der Waals surface area contributed by atoms with Crippen molar-refractivity contribution in [3.63, 3.8) is 0 Å². The summed E-state index contributed by atoms with van der Waals surface area (Å²) in [5.74, 6) is 0.00187. The van der Waals surface area contributed by atoms with Gasteiger partial charge in [-0.05, 0) is 12.8 Å². The molecule has 0 aromatic rings. The van der Waals surface area contributed by atoms with Crippen molar-refractivity contribution >= 4 is 21.8 Å². The highest BCUT2D eigenvalue weighted by molar-refractivity contribution is 9.09. The van der Waals surface area contributed by atoms with Crippen LogP contribution in [0.4, 0.5) is 0 Å². The van der Waals surface area contributed by atoms with E-state index in [0.717, 1.165) is 18.2 Å². The van der Waals surface area contributed by atoms with E-state index in [1.807, 2.05) is 24.3 Å². The van der Waals surface area contributed by atoms with Gasteiger partial charge >= 0.3 is 0 Å². The SMILES string of the molecule is O=C1C/C=C\C=C/CC(O)N1CCCCBr. The lowest BCUT2D eigenvalue weighted by Crippen LogP contribution is -2.40. The lowest BCUT2D eigenvalue weighted by Gasteiger charge is -2.27. The van der Waals surface area contributed by atoms with Gasteiger partial charge in [-0.15, -0.1) is 0 Å². The average molecular weight is 288 g/mol. The predicted octanol–water partition coefficient (Wildman–Crippen LogP) is 2.21. The fourth-order valence-corrected chi connectivity index (χ4v) is 1.98. The van der Waals surface area contributed by atoms with Gasteiger partial charge in [0.2, 0.25) is 5.91 Å². The summed E-state index contributed by atoms with van der Waals surface area (Å²) in [5.41, 5.74) is 0. The summed E-state index contributed by atoms with van der Waals surface area (Å²) >= 11 is 3.36. The van der Waals surface area contributed by atoms with Crippen LogP contribution in [0.15, 0.2) is 24.3 Å². The van der Waals surface area contributed by atoms with Crippen LogP contribution in [0.2, 0.25) is 0 Å². The second-order valence-corrected chi connectivity index (χ2v) is 4.55. The Bertz CT molecular complexity index is 276. The molecule has 1 aliphatic heterocycles. The molecule has 0 aromatic heterocycles. The maximum atomic E-state index is 11.8. The minimum absolute atomic E-state index is 0.00187. The van der Waals surface area contributed by atoms with Crippen LogP contribution in [0.3, 0.4) is 0 Å². The zero-order valence-corrected chi connectivity index (χ0v) is 10.9. The van der Waals surface area contributed by atoms with E-state index in [1.54, 1.807) is 4.90 Å². The second-order valence-electron chi connectivity index (χ2n) is 3.76. The number of unbranched alkanes of at least 4 members (excludes halogenated alkanes) is 1. The van der Waals surface area contributed by atoms with Crippen LogP contribution in [-0.4, -0.2) is 34.0 Å². The number of allylic oxidation sites excluding steroid dienone is 2. The molecular formula is C12H18BrNO2. The number of halogens is 1. The summed E-state index contributed by atoms with van der Waals surface area (Å²) < 4.78 is 0. The van der Waals surface area contributed by atoms with Gasteiger partial charge in [0.15, 0.2) is 0 Å². The third-order valence-corrected chi connectivity index (χ3v) is 3.05. The van der Waals surface area contributed by atoms with Crippen molar-refractivity contribution in [1.29, 1.82) is 0 Å². The third kappa shape index (κ3) is 4.49. The summed E-state index contributed by atoms with van der Waals surface area (Å²) in [5, 5.41) is 10.8. The molecule has 3 nitrogen and oxygen atoms in total. The molecule has 1 heterocycles. The number of amides is 1. The van der Waals surface area contributed by atoms with Crippen molar-refractivity contribution in [2.45, 2.75) is 31.9 Å². The lowest BCUT2D eigenvalue weighted by atomic mass is 10.2. The minimum atomic E-state index is -0.682. The van der Waals surface area contributed by atoms with Crippen molar-refractivity contribution < 1.29 is 9.90 Å². The summed E-state index contributed by atoms with van der Waals surface area (Å²) in [6, 6.07) is 0. The maximum Gasteiger partial charge on any atom is 0.228 e. The van der Waals surface area contributed by atoms with Gasteiger partial charge in [-0.25, -0.2) is 0 Å². The molecule has 1 amide bonds. The Morgan fingerprint density at radius 3 is 2.88 bits per heavy atom. The van der Waals surface area contributed by atoms with Crippen molar-refractivity contribution in [3.8, 4) is 0 Å². The number of aliphatic hydroxyl groups is 1. The zero-order valence-electron chi connectivity index (χ0n) is 9.31. The molecule has 90 valence electrons. The molecule has 0 aliphatic carbocycles. The van der Waals surface area contributed by atoms with Gasteiger partial charge in [-0.1, -0.05) is 40.2 Å². The number of nitrogens with zero attached hydrogens (tertiary/aromatic N) is 1.